The molecule has 7 nitrogen and oxygen atoms in total. The van der Waals surface area contributed by atoms with Crippen molar-refractivity contribution in [3.05, 3.63) is 96.4 Å². The molecular formula is C23H13Br2FN4O3. The Morgan fingerprint density at radius 3 is 2.52 bits per heavy atom. The van der Waals surface area contributed by atoms with Gasteiger partial charge in [-0.05, 0) is 91.5 Å². The summed E-state index contributed by atoms with van der Waals surface area (Å²) in [6.07, 6.45) is 1.66. The standard InChI is InChI=1S/C23H13Br2FN4O3/c24-18-8-14(7-15(11-27)23-28-20-6-3-16(26)10-21(20)29-23)9-19(25)22(18)33-12-13-1-4-17(5-2-13)30(31)32/h1-10H,12H2,(H,28,29)/b15-7-. The number of nitro benzene ring substituents is 1. The van der Waals surface area contributed by atoms with E-state index in [1.807, 2.05) is 0 Å². The first-order chi connectivity index (χ1) is 15.8. The number of H-pyrrole nitrogens is 1. The van der Waals surface area contributed by atoms with Crippen molar-refractivity contribution in [1.82, 2.24) is 9.97 Å². The maximum absolute atomic E-state index is 13.4. The summed E-state index contributed by atoms with van der Waals surface area (Å²) in [5.41, 5.74) is 2.84. The Balaban J connectivity index is 1.56. The summed E-state index contributed by atoms with van der Waals surface area (Å²) in [7, 11) is 0. The molecule has 164 valence electrons. The Kier molecular flexibility index (Phi) is 6.53. The van der Waals surface area contributed by atoms with E-state index in [1.54, 1.807) is 36.4 Å². The van der Waals surface area contributed by atoms with Gasteiger partial charge in [-0.25, -0.2) is 9.37 Å². The van der Waals surface area contributed by atoms with Gasteiger partial charge >= 0.3 is 0 Å². The van der Waals surface area contributed by atoms with Gasteiger partial charge in [0.2, 0.25) is 0 Å². The molecule has 0 radical (unpaired) electrons. The smallest absolute Gasteiger partial charge is 0.269 e. The van der Waals surface area contributed by atoms with Crippen LogP contribution in [0.1, 0.15) is 17.0 Å². The van der Waals surface area contributed by atoms with Crippen molar-refractivity contribution in [3.8, 4) is 11.8 Å². The molecule has 1 aromatic heterocycles. The zero-order chi connectivity index (χ0) is 23.5. The Labute approximate surface area is 203 Å². The maximum atomic E-state index is 13.4. The van der Waals surface area contributed by atoms with Gasteiger partial charge in [-0.1, -0.05) is 0 Å². The highest BCUT2D eigenvalue weighted by molar-refractivity contribution is 9.11. The molecule has 4 rings (SSSR count). The van der Waals surface area contributed by atoms with E-state index in [1.165, 1.54) is 24.3 Å². The van der Waals surface area contributed by atoms with Crippen LogP contribution in [-0.4, -0.2) is 14.9 Å². The molecule has 0 saturated heterocycles. The SMILES string of the molecule is N#C/C(=C/c1cc(Br)c(OCc2ccc([N+](=O)[O-])cc2)c(Br)c1)c1nc2ccc(F)cc2[nH]1. The van der Waals surface area contributed by atoms with Crippen LogP contribution in [0.3, 0.4) is 0 Å². The first-order valence-corrected chi connectivity index (χ1v) is 11.1. The van der Waals surface area contributed by atoms with Gasteiger partial charge in [-0.15, -0.1) is 0 Å². The number of halogens is 3. The van der Waals surface area contributed by atoms with E-state index in [-0.39, 0.29) is 17.9 Å². The van der Waals surface area contributed by atoms with Crippen LogP contribution in [0.4, 0.5) is 10.1 Å². The normalized spacial score (nSPS) is 11.4. The summed E-state index contributed by atoms with van der Waals surface area (Å²) in [6, 6.07) is 16.0. The van der Waals surface area contributed by atoms with Crippen LogP contribution in [0.5, 0.6) is 5.75 Å². The molecule has 0 spiro atoms. The number of nitro groups is 1. The molecule has 0 atom stereocenters. The van der Waals surface area contributed by atoms with Gasteiger partial charge in [-0.3, -0.25) is 10.1 Å². The van der Waals surface area contributed by atoms with Crippen LogP contribution >= 0.6 is 31.9 Å². The highest BCUT2D eigenvalue weighted by Crippen LogP contribution is 2.36. The van der Waals surface area contributed by atoms with E-state index >= 15 is 0 Å². The van der Waals surface area contributed by atoms with E-state index in [0.717, 1.165) is 5.56 Å². The Bertz CT molecular complexity index is 1420. The van der Waals surface area contributed by atoms with Crippen molar-refractivity contribution >= 4 is 60.2 Å². The van der Waals surface area contributed by atoms with Crippen LogP contribution in [-0.2, 0) is 6.61 Å². The number of non-ortho nitro benzene ring substituents is 1. The number of aromatic amines is 1. The second kappa shape index (κ2) is 9.52. The summed E-state index contributed by atoms with van der Waals surface area (Å²) in [5.74, 6) is 0.490. The molecule has 4 aromatic rings. The summed E-state index contributed by atoms with van der Waals surface area (Å²) < 4.78 is 20.6. The molecule has 0 aliphatic carbocycles. The Morgan fingerprint density at radius 2 is 1.88 bits per heavy atom. The third-order valence-electron chi connectivity index (χ3n) is 4.68. The third kappa shape index (κ3) is 5.10. The monoisotopic (exact) mass is 570 g/mol. The van der Waals surface area contributed by atoms with Crippen molar-refractivity contribution in [3.63, 3.8) is 0 Å². The fourth-order valence-electron chi connectivity index (χ4n) is 3.10. The van der Waals surface area contributed by atoms with E-state index in [4.69, 9.17) is 4.74 Å². The molecule has 0 bridgehead atoms. The number of nitrogens with zero attached hydrogens (tertiary/aromatic N) is 3. The highest BCUT2D eigenvalue weighted by atomic mass is 79.9. The number of nitriles is 1. The van der Waals surface area contributed by atoms with E-state index in [9.17, 15) is 19.8 Å². The van der Waals surface area contributed by atoms with Gasteiger partial charge in [0.25, 0.3) is 5.69 Å². The molecule has 10 heteroatoms. The molecular weight excluding hydrogens is 559 g/mol. The topological polar surface area (TPSA) is 105 Å². The first-order valence-electron chi connectivity index (χ1n) is 9.46. The van der Waals surface area contributed by atoms with Crippen molar-refractivity contribution in [2.75, 3.05) is 0 Å². The number of hydrogen-bond acceptors (Lipinski definition) is 5. The molecule has 3 aromatic carbocycles. The number of nitrogens with one attached hydrogen (secondary N) is 1. The van der Waals surface area contributed by atoms with Gasteiger partial charge in [-0.2, -0.15) is 5.26 Å². The average Bonchev–Trinajstić information content (AvgIpc) is 3.20. The van der Waals surface area contributed by atoms with Crippen LogP contribution in [0.25, 0.3) is 22.7 Å². The lowest BCUT2D eigenvalue weighted by Gasteiger charge is -2.11. The minimum atomic E-state index is -0.455. The largest absolute Gasteiger partial charge is 0.487 e. The van der Waals surface area contributed by atoms with Crippen molar-refractivity contribution in [2.45, 2.75) is 6.61 Å². The van der Waals surface area contributed by atoms with Crippen molar-refractivity contribution in [1.29, 1.82) is 5.26 Å². The first kappa shape index (κ1) is 22.6. The maximum Gasteiger partial charge on any atom is 0.269 e. The predicted octanol–water partition coefficient (Wildman–Crippen LogP) is 6.78. The van der Waals surface area contributed by atoms with Crippen LogP contribution in [0.2, 0.25) is 0 Å². The zero-order valence-corrected chi connectivity index (χ0v) is 19.9. The number of aromatic nitrogens is 2. The molecule has 0 amide bonds. The van der Waals surface area contributed by atoms with Gasteiger partial charge in [0, 0.05) is 12.1 Å². The molecule has 0 aliphatic heterocycles. The zero-order valence-electron chi connectivity index (χ0n) is 16.7. The van der Waals surface area contributed by atoms with Gasteiger partial charge in [0.05, 0.1) is 30.5 Å². The van der Waals surface area contributed by atoms with Gasteiger partial charge in [0.1, 0.15) is 30.1 Å². The fourth-order valence-corrected chi connectivity index (χ4v) is 4.55. The number of hydrogen-bond donors (Lipinski definition) is 1. The van der Waals surface area contributed by atoms with Crippen molar-refractivity contribution < 1.29 is 14.1 Å². The Hall–Kier alpha value is -3.55. The highest BCUT2D eigenvalue weighted by Gasteiger charge is 2.13. The van der Waals surface area contributed by atoms with E-state index in [2.05, 4.69) is 47.9 Å². The number of rotatable bonds is 6. The van der Waals surface area contributed by atoms with Crippen molar-refractivity contribution in [2.24, 2.45) is 0 Å². The Morgan fingerprint density at radius 1 is 1.18 bits per heavy atom. The molecule has 0 aliphatic rings. The molecule has 0 saturated carbocycles. The second-order valence-corrected chi connectivity index (χ2v) is 8.65. The lowest BCUT2D eigenvalue weighted by molar-refractivity contribution is -0.384. The van der Waals surface area contributed by atoms with Crippen LogP contribution < -0.4 is 4.74 Å². The lowest BCUT2D eigenvalue weighted by Crippen LogP contribution is -1.98. The number of fused-ring (bicyclic) bond motifs is 1. The summed E-state index contributed by atoms with van der Waals surface area (Å²) in [5, 5.41) is 20.4. The van der Waals surface area contributed by atoms with E-state index in [0.29, 0.717) is 37.1 Å². The molecule has 1 heterocycles. The number of benzene rings is 3. The molecule has 1 N–H and O–H groups in total. The molecule has 0 unspecified atom stereocenters. The quantitative estimate of drug-likeness (QED) is 0.156. The third-order valence-corrected chi connectivity index (χ3v) is 5.86. The number of ether oxygens (including phenoxy) is 1. The number of imidazole rings is 1. The van der Waals surface area contributed by atoms with Crippen LogP contribution in [0, 0.1) is 27.3 Å². The van der Waals surface area contributed by atoms with Crippen LogP contribution in [0.15, 0.2) is 63.5 Å². The minimum absolute atomic E-state index is 0.0140. The summed E-state index contributed by atoms with van der Waals surface area (Å²) in [6.45, 7) is 0.212. The lowest BCUT2D eigenvalue weighted by atomic mass is 10.1. The summed E-state index contributed by atoms with van der Waals surface area (Å²) >= 11 is 6.97. The fraction of sp³-hybridized carbons (Fsp3) is 0.0435. The second-order valence-electron chi connectivity index (χ2n) is 6.94. The van der Waals surface area contributed by atoms with Gasteiger partial charge in [0.15, 0.2) is 0 Å². The molecule has 33 heavy (non-hydrogen) atoms. The molecule has 0 fully saturated rings. The number of allylic oxidation sites excluding steroid dienone is 1. The van der Waals surface area contributed by atoms with E-state index < -0.39 is 10.7 Å². The average molecular weight is 572 g/mol. The summed E-state index contributed by atoms with van der Waals surface area (Å²) in [4.78, 5) is 17.6. The van der Waals surface area contributed by atoms with Gasteiger partial charge < -0.3 is 9.72 Å². The predicted molar refractivity (Wildman–Crippen MR) is 129 cm³/mol. The minimum Gasteiger partial charge on any atom is -0.487 e.